The van der Waals surface area contributed by atoms with Gasteiger partial charge in [0.15, 0.2) is 0 Å². The van der Waals surface area contributed by atoms with Crippen molar-refractivity contribution in [3.05, 3.63) is 146 Å². The average Bonchev–Trinajstić information content (AvgIpc) is 2.90. The highest BCUT2D eigenvalue weighted by atomic mass is 79.9. The van der Waals surface area contributed by atoms with Crippen molar-refractivity contribution in [2.45, 2.75) is 0 Å². The molecule has 0 radical (unpaired) electrons. The van der Waals surface area contributed by atoms with E-state index in [0.717, 1.165) is 0 Å². The third-order valence-electron chi connectivity index (χ3n) is 6.51. The molecule has 0 aliphatic rings. The van der Waals surface area contributed by atoms with E-state index in [1.54, 1.807) is 0 Å². The van der Waals surface area contributed by atoms with Gasteiger partial charge in [0, 0.05) is 0 Å². The molecule has 6 rings (SSSR count). The molecular weight excluding hydrogens is 495 g/mol. The van der Waals surface area contributed by atoms with Gasteiger partial charge in [-0.15, -0.1) is 0 Å². The molecule has 164 valence electrons. The molecule has 0 amide bonds. The summed E-state index contributed by atoms with van der Waals surface area (Å²) in [6, 6.07) is 53.6. The predicted molar refractivity (Wildman–Crippen MR) is 146 cm³/mol. The van der Waals surface area contributed by atoms with Crippen LogP contribution in [-0.2, 0) is 0 Å². The Morgan fingerprint density at radius 1 is 0.294 bits per heavy atom. The standard InChI is InChI=1S/C32H24P.BrH/c1-4-14-29(15-5-1)33(30-16-6-2-7-17-30,31-18-8-3-9-19-31)32-21-20-27-22-25-12-10-11-13-26(25)23-28(27)24-32;/h1-24H;1H/q+1;/p-1. The molecule has 0 aromatic heterocycles. The van der Waals surface area contributed by atoms with E-state index in [1.807, 2.05) is 0 Å². The molecule has 6 aromatic carbocycles. The molecule has 0 spiro atoms. The van der Waals surface area contributed by atoms with E-state index >= 15 is 0 Å². The van der Waals surface area contributed by atoms with Crippen LogP contribution in [0, 0.1) is 0 Å². The van der Waals surface area contributed by atoms with E-state index in [2.05, 4.69) is 146 Å². The first-order chi connectivity index (χ1) is 16.4. The van der Waals surface area contributed by atoms with Crippen LogP contribution in [0.25, 0.3) is 21.5 Å². The Balaban J connectivity index is 0.00000241. The molecule has 34 heavy (non-hydrogen) atoms. The van der Waals surface area contributed by atoms with Crippen LogP contribution < -0.4 is 38.2 Å². The smallest absolute Gasteiger partial charge is 0.144 e. The Labute approximate surface area is 212 Å². The summed E-state index contributed by atoms with van der Waals surface area (Å²) in [4.78, 5) is 0. The lowest BCUT2D eigenvalue weighted by Crippen LogP contribution is -3.00. The Bertz CT molecular complexity index is 1450. The first-order valence-electron chi connectivity index (χ1n) is 11.3. The quantitative estimate of drug-likeness (QED) is 0.247. The Kier molecular flexibility index (Phi) is 6.33. The largest absolute Gasteiger partial charge is 1.00 e. The normalized spacial score (nSPS) is 11.3. The van der Waals surface area contributed by atoms with Crippen molar-refractivity contribution in [1.29, 1.82) is 0 Å². The van der Waals surface area contributed by atoms with Gasteiger partial charge in [0.05, 0.1) is 0 Å². The van der Waals surface area contributed by atoms with Crippen molar-refractivity contribution in [2.24, 2.45) is 0 Å². The molecule has 0 atom stereocenters. The minimum absolute atomic E-state index is 0. The van der Waals surface area contributed by atoms with Crippen LogP contribution in [0.3, 0.4) is 0 Å². The maximum absolute atomic E-state index is 2.43. The first kappa shape index (κ1) is 22.5. The van der Waals surface area contributed by atoms with Gasteiger partial charge in [0.1, 0.15) is 28.5 Å². The third kappa shape index (κ3) is 3.76. The van der Waals surface area contributed by atoms with E-state index in [9.17, 15) is 0 Å². The van der Waals surface area contributed by atoms with E-state index in [4.69, 9.17) is 0 Å². The number of fused-ring (bicyclic) bond motifs is 2. The minimum Gasteiger partial charge on any atom is -1.00 e. The maximum atomic E-state index is 2.43. The van der Waals surface area contributed by atoms with Gasteiger partial charge in [-0.05, 0) is 82.2 Å². The fourth-order valence-electron chi connectivity index (χ4n) is 4.99. The van der Waals surface area contributed by atoms with Gasteiger partial charge in [-0.3, -0.25) is 0 Å². The molecule has 0 N–H and O–H groups in total. The summed E-state index contributed by atoms with van der Waals surface area (Å²) in [7, 11) is -2.07. The summed E-state index contributed by atoms with van der Waals surface area (Å²) < 4.78 is 0. The lowest BCUT2D eigenvalue weighted by molar-refractivity contribution is -0.00000614. The molecule has 0 aliphatic heterocycles. The van der Waals surface area contributed by atoms with Crippen LogP contribution in [0.1, 0.15) is 0 Å². The molecule has 0 heterocycles. The molecule has 0 saturated carbocycles. The lowest BCUT2D eigenvalue weighted by atomic mass is 10.0. The lowest BCUT2D eigenvalue weighted by Gasteiger charge is -2.27. The Morgan fingerprint density at radius 3 is 1.15 bits per heavy atom. The van der Waals surface area contributed by atoms with Crippen LogP contribution in [0.15, 0.2) is 146 Å². The first-order valence-corrected chi connectivity index (χ1v) is 13.1. The van der Waals surface area contributed by atoms with E-state index in [-0.39, 0.29) is 17.0 Å². The molecule has 0 bridgehead atoms. The van der Waals surface area contributed by atoms with E-state index in [0.29, 0.717) is 0 Å². The fourth-order valence-corrected chi connectivity index (χ4v) is 9.26. The molecule has 0 fully saturated rings. The zero-order chi connectivity index (χ0) is 22.1. The number of halogens is 1. The SMILES string of the molecule is [Br-].c1ccc([P+](c2ccccc2)(c2ccccc2)c2ccc3cc4ccccc4cc3c2)cc1. The van der Waals surface area contributed by atoms with Gasteiger partial charge in [0.25, 0.3) is 0 Å². The number of rotatable bonds is 4. The molecule has 6 aromatic rings. The zero-order valence-electron chi connectivity index (χ0n) is 18.7. The van der Waals surface area contributed by atoms with Crippen molar-refractivity contribution in [1.82, 2.24) is 0 Å². The zero-order valence-corrected chi connectivity index (χ0v) is 21.2. The van der Waals surface area contributed by atoms with Crippen LogP contribution >= 0.6 is 7.26 Å². The molecule has 0 saturated heterocycles. The van der Waals surface area contributed by atoms with Gasteiger partial charge in [-0.25, -0.2) is 0 Å². The molecule has 0 unspecified atom stereocenters. The summed E-state index contributed by atoms with van der Waals surface area (Å²) >= 11 is 0. The number of hydrogen-bond donors (Lipinski definition) is 0. The van der Waals surface area contributed by atoms with Gasteiger partial charge < -0.3 is 17.0 Å². The predicted octanol–water partition coefficient (Wildman–Crippen LogP) is 3.62. The summed E-state index contributed by atoms with van der Waals surface area (Å²) in [6.45, 7) is 0. The summed E-state index contributed by atoms with van der Waals surface area (Å²) in [5.74, 6) is 0. The van der Waals surface area contributed by atoms with Gasteiger partial charge in [-0.1, -0.05) is 84.9 Å². The summed E-state index contributed by atoms with van der Waals surface area (Å²) in [5, 5.41) is 10.7. The monoisotopic (exact) mass is 518 g/mol. The van der Waals surface area contributed by atoms with E-state index < -0.39 is 7.26 Å². The summed E-state index contributed by atoms with van der Waals surface area (Å²) in [5.41, 5.74) is 0. The average molecular weight is 519 g/mol. The minimum atomic E-state index is -2.07. The highest BCUT2D eigenvalue weighted by Gasteiger charge is 2.47. The maximum Gasteiger partial charge on any atom is 0.144 e. The van der Waals surface area contributed by atoms with Crippen LogP contribution in [0.5, 0.6) is 0 Å². The topological polar surface area (TPSA) is 0 Å². The van der Waals surface area contributed by atoms with Crippen LogP contribution in [0.4, 0.5) is 0 Å². The van der Waals surface area contributed by atoms with Crippen LogP contribution in [-0.4, -0.2) is 0 Å². The van der Waals surface area contributed by atoms with Crippen LogP contribution in [0.2, 0.25) is 0 Å². The highest BCUT2D eigenvalue weighted by molar-refractivity contribution is 8.01. The van der Waals surface area contributed by atoms with Gasteiger partial charge >= 0.3 is 0 Å². The Morgan fingerprint density at radius 2 is 0.676 bits per heavy atom. The second-order valence-electron chi connectivity index (χ2n) is 8.41. The van der Waals surface area contributed by atoms with Crippen molar-refractivity contribution in [2.75, 3.05) is 0 Å². The molecular formula is C32H24BrP. The molecule has 0 nitrogen and oxygen atoms in total. The molecule has 2 heteroatoms. The summed E-state index contributed by atoms with van der Waals surface area (Å²) in [6.07, 6.45) is 0. The third-order valence-corrected chi connectivity index (χ3v) is 10.8. The molecule has 0 aliphatic carbocycles. The fraction of sp³-hybridized carbons (Fsp3) is 0. The van der Waals surface area contributed by atoms with Gasteiger partial charge in [0.2, 0.25) is 0 Å². The van der Waals surface area contributed by atoms with Crippen molar-refractivity contribution in [3.63, 3.8) is 0 Å². The Hall–Kier alpha value is -3.25. The van der Waals surface area contributed by atoms with Crippen molar-refractivity contribution in [3.8, 4) is 0 Å². The second-order valence-corrected chi connectivity index (χ2v) is 11.8. The number of hydrogen-bond acceptors (Lipinski definition) is 0. The van der Waals surface area contributed by atoms with Gasteiger partial charge in [-0.2, -0.15) is 0 Å². The van der Waals surface area contributed by atoms with Crippen molar-refractivity contribution < 1.29 is 17.0 Å². The van der Waals surface area contributed by atoms with E-state index in [1.165, 1.54) is 42.8 Å². The highest BCUT2D eigenvalue weighted by Crippen LogP contribution is 2.54. The number of benzene rings is 6. The second kappa shape index (κ2) is 9.55. The van der Waals surface area contributed by atoms with Crippen molar-refractivity contribution >= 4 is 50.0 Å².